The van der Waals surface area contributed by atoms with Crippen molar-refractivity contribution in [3.05, 3.63) is 48.2 Å². The topological polar surface area (TPSA) is 57.4 Å². The maximum atomic E-state index is 5.75. The van der Waals surface area contributed by atoms with Gasteiger partial charge in [-0.1, -0.05) is 31.3 Å². The lowest BCUT2D eigenvalue weighted by Gasteiger charge is -2.11. The van der Waals surface area contributed by atoms with E-state index in [1.165, 1.54) is 0 Å². The fourth-order valence-corrected chi connectivity index (χ4v) is 1.72. The standard InChI is InChI=1S/C15H16N2O2S/c1-2-9-18-12-5-3-4-6-13(12)19-14-10-11(15(16)20)7-8-17-14/h3-8,10H,2,9H2,1H3,(H2,16,20). The van der Waals surface area contributed by atoms with Crippen LogP contribution in [0.25, 0.3) is 0 Å². The summed E-state index contributed by atoms with van der Waals surface area (Å²) in [6.45, 7) is 2.69. The highest BCUT2D eigenvalue weighted by molar-refractivity contribution is 7.80. The molecule has 0 radical (unpaired) electrons. The summed E-state index contributed by atoms with van der Waals surface area (Å²) in [5.74, 6) is 1.74. The van der Waals surface area contributed by atoms with Crippen molar-refractivity contribution in [1.82, 2.24) is 4.98 Å². The highest BCUT2D eigenvalue weighted by Gasteiger charge is 2.07. The molecule has 0 amide bonds. The number of hydrogen-bond acceptors (Lipinski definition) is 4. The van der Waals surface area contributed by atoms with Gasteiger partial charge in [-0.25, -0.2) is 4.98 Å². The summed E-state index contributed by atoms with van der Waals surface area (Å²) in [5, 5.41) is 0. The normalized spacial score (nSPS) is 10.1. The predicted molar refractivity (Wildman–Crippen MR) is 82.4 cm³/mol. The molecule has 1 aromatic carbocycles. The molecule has 2 rings (SSSR count). The number of benzene rings is 1. The van der Waals surface area contributed by atoms with Crippen molar-refractivity contribution in [3.63, 3.8) is 0 Å². The summed E-state index contributed by atoms with van der Waals surface area (Å²) in [4.78, 5) is 4.46. The van der Waals surface area contributed by atoms with E-state index >= 15 is 0 Å². The molecule has 0 saturated carbocycles. The fraction of sp³-hybridized carbons (Fsp3) is 0.200. The van der Waals surface area contributed by atoms with E-state index in [2.05, 4.69) is 11.9 Å². The number of para-hydroxylation sites is 2. The van der Waals surface area contributed by atoms with Gasteiger partial charge in [0.05, 0.1) is 6.61 Å². The third-order valence-electron chi connectivity index (χ3n) is 2.54. The van der Waals surface area contributed by atoms with Crippen molar-refractivity contribution in [1.29, 1.82) is 0 Å². The maximum Gasteiger partial charge on any atom is 0.220 e. The lowest BCUT2D eigenvalue weighted by Crippen LogP contribution is -2.09. The Balaban J connectivity index is 2.21. The molecule has 0 aliphatic carbocycles. The Hall–Kier alpha value is -2.14. The average molecular weight is 288 g/mol. The summed E-state index contributed by atoms with van der Waals surface area (Å²) >= 11 is 4.94. The minimum absolute atomic E-state index is 0.313. The van der Waals surface area contributed by atoms with Crippen LogP contribution in [0.4, 0.5) is 0 Å². The largest absolute Gasteiger partial charge is 0.490 e. The second-order valence-electron chi connectivity index (χ2n) is 4.14. The zero-order chi connectivity index (χ0) is 14.4. The van der Waals surface area contributed by atoms with Gasteiger partial charge < -0.3 is 15.2 Å². The van der Waals surface area contributed by atoms with E-state index in [9.17, 15) is 0 Å². The van der Waals surface area contributed by atoms with Gasteiger partial charge in [0.15, 0.2) is 11.5 Å². The summed E-state index contributed by atoms with van der Waals surface area (Å²) in [7, 11) is 0. The first-order valence-electron chi connectivity index (χ1n) is 6.36. The van der Waals surface area contributed by atoms with Crippen LogP contribution >= 0.6 is 12.2 Å². The number of ether oxygens (including phenoxy) is 2. The molecule has 1 heterocycles. The molecule has 0 spiro atoms. The van der Waals surface area contributed by atoms with Crippen LogP contribution in [0.1, 0.15) is 18.9 Å². The van der Waals surface area contributed by atoms with Crippen LogP contribution in [0, 0.1) is 0 Å². The van der Waals surface area contributed by atoms with Crippen LogP contribution in [0.15, 0.2) is 42.6 Å². The molecule has 1 aromatic heterocycles. The van der Waals surface area contributed by atoms with Crippen LogP contribution in [0.5, 0.6) is 17.4 Å². The molecule has 0 fully saturated rings. The van der Waals surface area contributed by atoms with Gasteiger partial charge >= 0.3 is 0 Å². The van der Waals surface area contributed by atoms with Gasteiger partial charge in [0.1, 0.15) is 4.99 Å². The van der Waals surface area contributed by atoms with Gasteiger partial charge in [-0.05, 0) is 24.6 Å². The molecule has 0 bridgehead atoms. The zero-order valence-electron chi connectivity index (χ0n) is 11.2. The van der Waals surface area contributed by atoms with Crippen molar-refractivity contribution in [3.8, 4) is 17.4 Å². The zero-order valence-corrected chi connectivity index (χ0v) is 12.0. The molecule has 2 aromatic rings. The number of pyridine rings is 1. The first-order chi connectivity index (χ1) is 9.70. The smallest absolute Gasteiger partial charge is 0.220 e. The van der Waals surface area contributed by atoms with Gasteiger partial charge in [-0.15, -0.1) is 0 Å². The molecular formula is C15H16N2O2S. The molecule has 0 atom stereocenters. The molecule has 0 unspecified atom stereocenters. The summed E-state index contributed by atoms with van der Waals surface area (Å²) < 4.78 is 11.4. The van der Waals surface area contributed by atoms with Crippen LogP contribution in [0.3, 0.4) is 0 Å². The van der Waals surface area contributed by atoms with E-state index in [1.807, 2.05) is 24.3 Å². The lowest BCUT2D eigenvalue weighted by molar-refractivity contribution is 0.301. The molecule has 104 valence electrons. The van der Waals surface area contributed by atoms with Crippen LogP contribution in [0.2, 0.25) is 0 Å². The SMILES string of the molecule is CCCOc1ccccc1Oc1cc(C(N)=S)ccn1. The van der Waals surface area contributed by atoms with E-state index in [0.29, 0.717) is 29.0 Å². The molecular weight excluding hydrogens is 272 g/mol. The Labute approximate surface area is 123 Å². The second-order valence-corrected chi connectivity index (χ2v) is 4.58. The van der Waals surface area contributed by atoms with Crippen molar-refractivity contribution in [2.24, 2.45) is 5.73 Å². The lowest BCUT2D eigenvalue weighted by atomic mass is 10.2. The number of nitrogens with two attached hydrogens (primary N) is 1. The minimum Gasteiger partial charge on any atom is -0.490 e. The highest BCUT2D eigenvalue weighted by Crippen LogP contribution is 2.30. The van der Waals surface area contributed by atoms with E-state index in [-0.39, 0.29) is 0 Å². The molecule has 2 N–H and O–H groups in total. The average Bonchev–Trinajstić information content (AvgIpc) is 2.46. The van der Waals surface area contributed by atoms with E-state index < -0.39 is 0 Å². The Morgan fingerprint density at radius 2 is 2.00 bits per heavy atom. The molecule has 0 aliphatic rings. The molecule has 4 nitrogen and oxygen atoms in total. The monoisotopic (exact) mass is 288 g/mol. The number of nitrogens with zero attached hydrogens (tertiary/aromatic N) is 1. The van der Waals surface area contributed by atoms with Gasteiger partial charge in [0, 0.05) is 17.8 Å². The Morgan fingerprint density at radius 1 is 1.25 bits per heavy atom. The van der Waals surface area contributed by atoms with Crippen molar-refractivity contribution < 1.29 is 9.47 Å². The Morgan fingerprint density at radius 3 is 2.70 bits per heavy atom. The summed E-state index contributed by atoms with van der Waals surface area (Å²) in [6.07, 6.45) is 2.54. The predicted octanol–water partition coefficient (Wildman–Crippen LogP) is 3.30. The van der Waals surface area contributed by atoms with Crippen LogP contribution in [-0.4, -0.2) is 16.6 Å². The van der Waals surface area contributed by atoms with Gasteiger partial charge in [-0.2, -0.15) is 0 Å². The first-order valence-corrected chi connectivity index (χ1v) is 6.77. The summed E-state index contributed by atoms with van der Waals surface area (Å²) in [5.41, 5.74) is 6.31. The van der Waals surface area contributed by atoms with Gasteiger partial charge in [-0.3, -0.25) is 0 Å². The van der Waals surface area contributed by atoms with Crippen molar-refractivity contribution in [2.75, 3.05) is 6.61 Å². The minimum atomic E-state index is 0.313. The van der Waals surface area contributed by atoms with E-state index in [4.69, 9.17) is 27.4 Å². The highest BCUT2D eigenvalue weighted by atomic mass is 32.1. The fourth-order valence-electron chi connectivity index (χ4n) is 1.60. The molecule has 5 heteroatoms. The Bertz CT molecular complexity index is 602. The van der Waals surface area contributed by atoms with Gasteiger partial charge in [0.2, 0.25) is 5.88 Å². The number of rotatable bonds is 6. The quantitative estimate of drug-likeness (QED) is 0.826. The maximum absolute atomic E-state index is 5.75. The third kappa shape index (κ3) is 3.68. The van der Waals surface area contributed by atoms with Crippen LogP contribution < -0.4 is 15.2 Å². The van der Waals surface area contributed by atoms with E-state index in [1.54, 1.807) is 18.3 Å². The van der Waals surface area contributed by atoms with Gasteiger partial charge in [0.25, 0.3) is 0 Å². The second kappa shape index (κ2) is 6.86. The summed E-state index contributed by atoms with van der Waals surface area (Å²) in [6, 6.07) is 10.9. The third-order valence-corrected chi connectivity index (χ3v) is 2.78. The molecule has 0 aliphatic heterocycles. The molecule has 0 saturated heterocycles. The number of thiocarbonyl (C=S) groups is 1. The first kappa shape index (κ1) is 14.3. The van der Waals surface area contributed by atoms with Crippen LogP contribution in [-0.2, 0) is 0 Å². The Kier molecular flexibility index (Phi) is 4.90. The number of hydrogen-bond donors (Lipinski definition) is 1. The van der Waals surface area contributed by atoms with Crippen molar-refractivity contribution >= 4 is 17.2 Å². The number of aromatic nitrogens is 1. The van der Waals surface area contributed by atoms with Crippen molar-refractivity contribution in [2.45, 2.75) is 13.3 Å². The van der Waals surface area contributed by atoms with E-state index in [0.717, 1.165) is 12.0 Å². The molecule has 20 heavy (non-hydrogen) atoms.